The molecule has 2 heteroatoms. The first-order chi connectivity index (χ1) is 6.25. The minimum Gasteiger partial charge on any atom is -0.393 e. The third-order valence-electron chi connectivity index (χ3n) is 3.72. The number of rotatable bonds is 3. The van der Waals surface area contributed by atoms with Crippen LogP contribution in [0.1, 0.15) is 45.4 Å². The molecule has 13 heavy (non-hydrogen) atoms. The van der Waals surface area contributed by atoms with Crippen molar-refractivity contribution >= 4 is 0 Å². The molecule has 2 saturated carbocycles. The molecule has 0 aromatic heterocycles. The summed E-state index contributed by atoms with van der Waals surface area (Å²) in [6.07, 6.45) is 7.57. The quantitative estimate of drug-likeness (QED) is 0.697. The lowest BCUT2D eigenvalue weighted by molar-refractivity contribution is 0.0552. The topological polar surface area (TPSA) is 32.3 Å². The Bertz CT molecular complexity index is 159. The Morgan fingerprint density at radius 1 is 1.23 bits per heavy atom. The summed E-state index contributed by atoms with van der Waals surface area (Å²) in [5, 5.41) is 12.8. The van der Waals surface area contributed by atoms with Crippen molar-refractivity contribution in [1.82, 2.24) is 5.32 Å². The predicted octanol–water partition coefficient (Wildman–Crippen LogP) is 1.68. The lowest BCUT2D eigenvalue weighted by Crippen LogP contribution is -2.49. The number of aliphatic hydroxyl groups is 1. The third-order valence-corrected chi connectivity index (χ3v) is 3.72. The van der Waals surface area contributed by atoms with Crippen molar-refractivity contribution in [1.29, 1.82) is 0 Å². The molecule has 2 fully saturated rings. The third kappa shape index (κ3) is 2.23. The highest BCUT2D eigenvalue weighted by molar-refractivity contribution is 4.88. The van der Waals surface area contributed by atoms with Crippen molar-refractivity contribution in [2.45, 2.75) is 63.6 Å². The van der Waals surface area contributed by atoms with Gasteiger partial charge in [-0.05, 0) is 38.5 Å². The molecule has 0 saturated heterocycles. The van der Waals surface area contributed by atoms with Crippen LogP contribution in [-0.4, -0.2) is 23.3 Å². The van der Waals surface area contributed by atoms with E-state index in [-0.39, 0.29) is 6.10 Å². The summed E-state index contributed by atoms with van der Waals surface area (Å²) in [6.45, 7) is 2.31. The highest BCUT2D eigenvalue weighted by Gasteiger charge is 2.30. The maximum Gasteiger partial charge on any atom is 0.0570 e. The second-order valence-electron chi connectivity index (χ2n) is 4.82. The van der Waals surface area contributed by atoms with Crippen LogP contribution in [0.5, 0.6) is 0 Å². The molecular formula is C11H21NO. The highest BCUT2D eigenvalue weighted by atomic mass is 16.3. The van der Waals surface area contributed by atoms with Gasteiger partial charge < -0.3 is 10.4 Å². The molecule has 2 nitrogen and oxygen atoms in total. The Balaban J connectivity index is 1.68. The number of aliphatic hydroxyl groups excluding tert-OH is 1. The molecule has 2 N–H and O–H groups in total. The summed E-state index contributed by atoms with van der Waals surface area (Å²) < 4.78 is 0. The van der Waals surface area contributed by atoms with Gasteiger partial charge >= 0.3 is 0 Å². The molecule has 0 heterocycles. The maximum atomic E-state index is 9.16. The van der Waals surface area contributed by atoms with Gasteiger partial charge in [-0.15, -0.1) is 0 Å². The Morgan fingerprint density at radius 3 is 2.38 bits per heavy atom. The Labute approximate surface area is 80.7 Å². The number of nitrogens with one attached hydrogen (secondary N) is 1. The summed E-state index contributed by atoms with van der Waals surface area (Å²) >= 11 is 0. The summed E-state index contributed by atoms with van der Waals surface area (Å²) in [6, 6.07) is 1.27. The normalized spacial score (nSPS) is 37.4. The van der Waals surface area contributed by atoms with E-state index in [0.29, 0.717) is 12.1 Å². The molecule has 0 bridgehead atoms. The van der Waals surface area contributed by atoms with Gasteiger partial charge in [-0.25, -0.2) is 0 Å². The molecule has 1 atom stereocenters. The van der Waals surface area contributed by atoms with E-state index >= 15 is 0 Å². The van der Waals surface area contributed by atoms with Gasteiger partial charge in [-0.2, -0.15) is 0 Å². The summed E-state index contributed by atoms with van der Waals surface area (Å²) in [7, 11) is 0. The second kappa shape index (κ2) is 3.97. The van der Waals surface area contributed by atoms with E-state index < -0.39 is 0 Å². The highest BCUT2D eigenvalue weighted by Crippen LogP contribution is 2.29. The van der Waals surface area contributed by atoms with E-state index in [1.165, 1.54) is 25.7 Å². The predicted molar refractivity (Wildman–Crippen MR) is 53.6 cm³/mol. The van der Waals surface area contributed by atoms with Gasteiger partial charge in [0.25, 0.3) is 0 Å². The van der Waals surface area contributed by atoms with E-state index in [9.17, 15) is 0 Å². The molecule has 0 aromatic carbocycles. The maximum absolute atomic E-state index is 9.16. The zero-order chi connectivity index (χ0) is 9.26. The molecule has 1 unspecified atom stereocenters. The average molecular weight is 183 g/mol. The van der Waals surface area contributed by atoms with Crippen molar-refractivity contribution in [3.63, 3.8) is 0 Å². The van der Waals surface area contributed by atoms with Gasteiger partial charge in [0.1, 0.15) is 0 Å². The second-order valence-corrected chi connectivity index (χ2v) is 4.82. The van der Waals surface area contributed by atoms with Gasteiger partial charge in [-0.3, -0.25) is 0 Å². The molecule has 0 radical (unpaired) electrons. The van der Waals surface area contributed by atoms with E-state index in [1.807, 2.05) is 0 Å². The van der Waals surface area contributed by atoms with Crippen LogP contribution in [0.4, 0.5) is 0 Å². The zero-order valence-corrected chi connectivity index (χ0v) is 8.50. The van der Waals surface area contributed by atoms with Crippen LogP contribution >= 0.6 is 0 Å². The van der Waals surface area contributed by atoms with Gasteiger partial charge in [0.15, 0.2) is 0 Å². The van der Waals surface area contributed by atoms with Gasteiger partial charge in [0, 0.05) is 12.1 Å². The van der Waals surface area contributed by atoms with E-state index in [2.05, 4.69) is 12.2 Å². The van der Waals surface area contributed by atoms with Crippen molar-refractivity contribution in [2.24, 2.45) is 5.92 Å². The fourth-order valence-electron chi connectivity index (χ4n) is 2.69. The lowest BCUT2D eigenvalue weighted by atomic mass is 9.87. The van der Waals surface area contributed by atoms with Crippen LogP contribution in [0.15, 0.2) is 0 Å². The molecule has 76 valence electrons. The summed E-state index contributed by atoms with van der Waals surface area (Å²) in [4.78, 5) is 0. The minimum atomic E-state index is -0.0201. The van der Waals surface area contributed by atoms with Crippen molar-refractivity contribution < 1.29 is 5.11 Å². The van der Waals surface area contributed by atoms with Crippen LogP contribution in [0.3, 0.4) is 0 Å². The standard InChI is InChI=1S/C11H21NO/c1-8(9-4-2-3-5-9)12-10-6-11(13)7-10/h8-13H,2-7H2,1H3. The average Bonchev–Trinajstić information content (AvgIpc) is 2.53. The minimum absolute atomic E-state index is 0.0201. The SMILES string of the molecule is CC(NC1CC(O)C1)C1CCCC1. The fraction of sp³-hybridized carbons (Fsp3) is 1.00. The van der Waals surface area contributed by atoms with Gasteiger partial charge in [-0.1, -0.05) is 12.8 Å². The molecule has 2 aliphatic carbocycles. The molecule has 0 spiro atoms. The summed E-state index contributed by atoms with van der Waals surface area (Å²) in [5.41, 5.74) is 0. The number of hydrogen-bond acceptors (Lipinski definition) is 2. The number of hydrogen-bond donors (Lipinski definition) is 2. The van der Waals surface area contributed by atoms with Crippen LogP contribution in [0.2, 0.25) is 0 Å². The van der Waals surface area contributed by atoms with Crippen molar-refractivity contribution in [3.8, 4) is 0 Å². The summed E-state index contributed by atoms with van der Waals surface area (Å²) in [5.74, 6) is 0.901. The molecule has 0 amide bonds. The van der Waals surface area contributed by atoms with Gasteiger partial charge in [0.05, 0.1) is 6.10 Å². The van der Waals surface area contributed by atoms with E-state index in [1.54, 1.807) is 0 Å². The first-order valence-corrected chi connectivity index (χ1v) is 5.70. The van der Waals surface area contributed by atoms with E-state index in [4.69, 9.17) is 5.11 Å². The van der Waals surface area contributed by atoms with Crippen molar-refractivity contribution in [2.75, 3.05) is 0 Å². The first kappa shape index (κ1) is 9.47. The Kier molecular flexibility index (Phi) is 2.89. The fourth-order valence-corrected chi connectivity index (χ4v) is 2.69. The molecular weight excluding hydrogens is 162 g/mol. The molecule has 0 aliphatic heterocycles. The van der Waals surface area contributed by atoms with Gasteiger partial charge in [0.2, 0.25) is 0 Å². The Morgan fingerprint density at radius 2 is 1.85 bits per heavy atom. The van der Waals surface area contributed by atoms with Crippen LogP contribution in [0.25, 0.3) is 0 Å². The monoisotopic (exact) mass is 183 g/mol. The lowest BCUT2D eigenvalue weighted by Gasteiger charge is -2.36. The first-order valence-electron chi connectivity index (χ1n) is 5.70. The molecule has 2 rings (SSSR count). The van der Waals surface area contributed by atoms with Crippen LogP contribution in [-0.2, 0) is 0 Å². The van der Waals surface area contributed by atoms with Crippen LogP contribution in [0, 0.1) is 5.92 Å². The zero-order valence-electron chi connectivity index (χ0n) is 8.50. The van der Waals surface area contributed by atoms with Crippen molar-refractivity contribution in [3.05, 3.63) is 0 Å². The molecule has 2 aliphatic rings. The largest absolute Gasteiger partial charge is 0.393 e. The Hall–Kier alpha value is -0.0800. The molecule has 0 aromatic rings. The smallest absolute Gasteiger partial charge is 0.0570 e. The van der Waals surface area contributed by atoms with E-state index in [0.717, 1.165) is 18.8 Å². The van der Waals surface area contributed by atoms with Crippen LogP contribution < -0.4 is 5.32 Å².